The number of nitriles is 1. The molecule has 0 radical (unpaired) electrons. The summed E-state index contributed by atoms with van der Waals surface area (Å²) in [6.07, 6.45) is 2.03. The monoisotopic (exact) mass is 255 g/mol. The molecule has 90 valence electrons. The van der Waals surface area contributed by atoms with Gasteiger partial charge < -0.3 is 11.1 Å². The van der Waals surface area contributed by atoms with Gasteiger partial charge in [-0.25, -0.2) is 0 Å². The SMILES string of the molecule is CSc1cccc(Nc2cccc(C#N)c2N)c1. The largest absolute Gasteiger partial charge is 0.396 e. The van der Waals surface area contributed by atoms with E-state index in [2.05, 4.69) is 11.4 Å². The summed E-state index contributed by atoms with van der Waals surface area (Å²) in [5, 5.41) is 12.2. The van der Waals surface area contributed by atoms with Gasteiger partial charge in [-0.2, -0.15) is 5.26 Å². The summed E-state index contributed by atoms with van der Waals surface area (Å²) in [5.74, 6) is 0. The number of nitrogens with one attached hydrogen (secondary N) is 1. The molecular formula is C14H13N3S. The molecule has 0 aromatic heterocycles. The van der Waals surface area contributed by atoms with Crippen LogP contribution in [0.15, 0.2) is 47.4 Å². The molecule has 0 bridgehead atoms. The molecule has 0 atom stereocenters. The summed E-state index contributed by atoms with van der Waals surface area (Å²) >= 11 is 1.68. The molecule has 0 saturated carbocycles. The Kier molecular flexibility index (Phi) is 3.75. The lowest BCUT2D eigenvalue weighted by Gasteiger charge is -2.10. The van der Waals surface area contributed by atoms with Crippen molar-refractivity contribution >= 4 is 28.8 Å². The van der Waals surface area contributed by atoms with Gasteiger partial charge in [-0.15, -0.1) is 11.8 Å². The molecule has 4 heteroatoms. The van der Waals surface area contributed by atoms with E-state index in [1.807, 2.05) is 42.7 Å². The quantitative estimate of drug-likeness (QED) is 0.649. The van der Waals surface area contributed by atoms with Gasteiger partial charge in [0.05, 0.1) is 16.9 Å². The third kappa shape index (κ3) is 2.58. The van der Waals surface area contributed by atoms with E-state index >= 15 is 0 Å². The van der Waals surface area contributed by atoms with Crippen LogP contribution in [0.1, 0.15) is 5.56 Å². The number of anilines is 3. The number of hydrogen-bond donors (Lipinski definition) is 2. The maximum Gasteiger partial charge on any atom is 0.101 e. The third-order valence-corrected chi connectivity index (χ3v) is 3.30. The van der Waals surface area contributed by atoms with Gasteiger partial charge in [0.15, 0.2) is 0 Å². The van der Waals surface area contributed by atoms with Crippen LogP contribution in [-0.2, 0) is 0 Å². The first-order valence-corrected chi connectivity index (χ1v) is 6.66. The molecule has 2 rings (SSSR count). The van der Waals surface area contributed by atoms with Gasteiger partial charge >= 0.3 is 0 Å². The predicted octanol–water partition coefficient (Wildman–Crippen LogP) is 3.61. The average molecular weight is 255 g/mol. The van der Waals surface area contributed by atoms with Gasteiger partial charge in [-0.05, 0) is 36.6 Å². The third-order valence-electron chi connectivity index (χ3n) is 2.58. The van der Waals surface area contributed by atoms with Crippen LogP contribution in [0.3, 0.4) is 0 Å². The first kappa shape index (κ1) is 12.3. The predicted molar refractivity (Wildman–Crippen MR) is 77.1 cm³/mol. The van der Waals surface area contributed by atoms with Crippen molar-refractivity contribution in [2.24, 2.45) is 0 Å². The molecule has 0 spiro atoms. The minimum atomic E-state index is 0.481. The van der Waals surface area contributed by atoms with Crippen LogP contribution in [0.4, 0.5) is 17.1 Å². The molecule has 0 fully saturated rings. The number of para-hydroxylation sites is 1. The number of thioether (sulfide) groups is 1. The van der Waals surface area contributed by atoms with Crippen LogP contribution in [0.25, 0.3) is 0 Å². The summed E-state index contributed by atoms with van der Waals surface area (Å²) in [5.41, 5.74) is 8.61. The van der Waals surface area contributed by atoms with Crippen molar-refractivity contribution in [1.29, 1.82) is 5.26 Å². The van der Waals surface area contributed by atoms with E-state index < -0.39 is 0 Å². The van der Waals surface area contributed by atoms with Crippen molar-refractivity contribution in [3.05, 3.63) is 48.0 Å². The number of benzene rings is 2. The highest BCUT2D eigenvalue weighted by atomic mass is 32.2. The molecule has 18 heavy (non-hydrogen) atoms. The Morgan fingerprint density at radius 1 is 1.22 bits per heavy atom. The molecular weight excluding hydrogens is 242 g/mol. The maximum absolute atomic E-state index is 8.93. The average Bonchev–Trinajstić information content (AvgIpc) is 2.41. The highest BCUT2D eigenvalue weighted by molar-refractivity contribution is 7.98. The normalized spacial score (nSPS) is 9.78. The second kappa shape index (κ2) is 5.48. The van der Waals surface area contributed by atoms with Gasteiger partial charge in [0.2, 0.25) is 0 Å². The van der Waals surface area contributed by atoms with Crippen LogP contribution < -0.4 is 11.1 Å². The van der Waals surface area contributed by atoms with Crippen LogP contribution in [0, 0.1) is 11.3 Å². The van der Waals surface area contributed by atoms with Gasteiger partial charge in [-0.1, -0.05) is 12.1 Å². The van der Waals surface area contributed by atoms with Crippen molar-refractivity contribution in [3.8, 4) is 6.07 Å². The number of rotatable bonds is 3. The minimum Gasteiger partial charge on any atom is -0.396 e. The fourth-order valence-electron chi connectivity index (χ4n) is 1.63. The Morgan fingerprint density at radius 3 is 2.72 bits per heavy atom. The van der Waals surface area contributed by atoms with Crippen LogP contribution >= 0.6 is 11.8 Å². The summed E-state index contributed by atoms with van der Waals surface area (Å²) in [7, 11) is 0. The fourth-order valence-corrected chi connectivity index (χ4v) is 2.09. The Hall–Kier alpha value is -2.12. The maximum atomic E-state index is 8.93. The molecule has 0 aliphatic rings. The zero-order chi connectivity index (χ0) is 13.0. The number of nitrogens with two attached hydrogens (primary N) is 1. The Balaban J connectivity index is 2.31. The Labute approximate surface area is 111 Å². The smallest absolute Gasteiger partial charge is 0.101 e. The summed E-state index contributed by atoms with van der Waals surface area (Å²) in [6.45, 7) is 0. The molecule has 3 N–H and O–H groups in total. The molecule has 2 aromatic carbocycles. The van der Waals surface area contributed by atoms with E-state index in [9.17, 15) is 0 Å². The molecule has 2 aromatic rings. The molecule has 0 heterocycles. The van der Waals surface area contributed by atoms with E-state index in [0.717, 1.165) is 11.4 Å². The van der Waals surface area contributed by atoms with Gasteiger partial charge in [0, 0.05) is 10.6 Å². The number of hydrogen-bond acceptors (Lipinski definition) is 4. The molecule has 0 saturated heterocycles. The lowest BCUT2D eigenvalue weighted by Crippen LogP contribution is -1.98. The first-order valence-electron chi connectivity index (χ1n) is 5.44. The van der Waals surface area contributed by atoms with Gasteiger partial charge in [-0.3, -0.25) is 0 Å². The van der Waals surface area contributed by atoms with Crippen molar-refractivity contribution in [1.82, 2.24) is 0 Å². The van der Waals surface area contributed by atoms with Crippen molar-refractivity contribution in [3.63, 3.8) is 0 Å². The van der Waals surface area contributed by atoms with E-state index in [1.54, 1.807) is 17.8 Å². The van der Waals surface area contributed by atoms with E-state index in [0.29, 0.717) is 11.3 Å². The zero-order valence-corrected chi connectivity index (χ0v) is 10.8. The molecule has 0 aliphatic heterocycles. The second-order valence-corrected chi connectivity index (χ2v) is 4.62. The summed E-state index contributed by atoms with van der Waals surface area (Å²) in [6, 6.07) is 15.5. The second-order valence-electron chi connectivity index (χ2n) is 3.74. The van der Waals surface area contributed by atoms with Crippen molar-refractivity contribution in [2.75, 3.05) is 17.3 Å². The summed E-state index contributed by atoms with van der Waals surface area (Å²) in [4.78, 5) is 1.18. The van der Waals surface area contributed by atoms with Crippen LogP contribution in [0.5, 0.6) is 0 Å². The minimum absolute atomic E-state index is 0.481. The van der Waals surface area contributed by atoms with Crippen LogP contribution in [0.2, 0.25) is 0 Å². The molecule has 0 aliphatic carbocycles. The standard InChI is InChI=1S/C14H13N3S/c1-18-12-6-3-5-11(8-12)17-13-7-2-4-10(9-15)14(13)16/h2-8,17H,16H2,1H3. The number of nitrogens with zero attached hydrogens (tertiary/aromatic N) is 1. The topological polar surface area (TPSA) is 61.8 Å². The molecule has 3 nitrogen and oxygen atoms in total. The Bertz CT molecular complexity index is 602. The van der Waals surface area contributed by atoms with E-state index in [1.165, 1.54) is 4.90 Å². The van der Waals surface area contributed by atoms with Crippen LogP contribution in [-0.4, -0.2) is 6.26 Å². The van der Waals surface area contributed by atoms with Gasteiger partial charge in [0.1, 0.15) is 6.07 Å². The van der Waals surface area contributed by atoms with Gasteiger partial charge in [0.25, 0.3) is 0 Å². The van der Waals surface area contributed by atoms with E-state index in [4.69, 9.17) is 11.0 Å². The highest BCUT2D eigenvalue weighted by Crippen LogP contribution is 2.27. The lowest BCUT2D eigenvalue weighted by molar-refractivity contribution is 1.43. The van der Waals surface area contributed by atoms with E-state index in [-0.39, 0.29) is 0 Å². The highest BCUT2D eigenvalue weighted by Gasteiger charge is 2.04. The molecule has 0 amide bonds. The molecule has 0 unspecified atom stereocenters. The zero-order valence-electron chi connectivity index (χ0n) is 9.97. The van der Waals surface area contributed by atoms with Crippen molar-refractivity contribution in [2.45, 2.75) is 4.90 Å². The van der Waals surface area contributed by atoms with Crippen molar-refractivity contribution < 1.29 is 0 Å². The number of nitrogen functional groups attached to an aromatic ring is 1. The lowest BCUT2D eigenvalue weighted by atomic mass is 10.1. The summed E-state index contributed by atoms with van der Waals surface area (Å²) < 4.78 is 0. The first-order chi connectivity index (χ1) is 8.74. The Morgan fingerprint density at radius 2 is 2.00 bits per heavy atom. The fraction of sp³-hybridized carbons (Fsp3) is 0.0714.